The Morgan fingerprint density at radius 3 is 2.89 bits per heavy atom. The van der Waals surface area contributed by atoms with E-state index in [-0.39, 0.29) is 0 Å². The molecule has 1 aliphatic rings. The first-order valence-corrected chi connectivity index (χ1v) is 6.43. The molecule has 1 saturated carbocycles. The number of ether oxygens (including phenoxy) is 2. The summed E-state index contributed by atoms with van der Waals surface area (Å²) in [5.41, 5.74) is 1.08. The summed E-state index contributed by atoms with van der Waals surface area (Å²) in [6.45, 7) is 4.73. The molecule has 0 aromatic heterocycles. The van der Waals surface area contributed by atoms with Gasteiger partial charge in [0.2, 0.25) is 0 Å². The fourth-order valence-corrected chi connectivity index (χ4v) is 1.71. The van der Waals surface area contributed by atoms with Gasteiger partial charge in [0, 0.05) is 23.2 Å². The summed E-state index contributed by atoms with van der Waals surface area (Å²) >= 11 is 5.72. The van der Waals surface area contributed by atoms with E-state index in [1.165, 1.54) is 12.8 Å². The summed E-state index contributed by atoms with van der Waals surface area (Å²) in [5.74, 6) is 1.66. The van der Waals surface area contributed by atoms with Crippen molar-refractivity contribution >= 4 is 11.6 Å². The smallest absolute Gasteiger partial charge is 0.124 e. The largest absolute Gasteiger partial charge is 0.497 e. The van der Waals surface area contributed by atoms with Gasteiger partial charge in [-0.25, -0.2) is 0 Å². The van der Waals surface area contributed by atoms with Crippen LogP contribution >= 0.6 is 11.6 Å². The lowest BCUT2D eigenvalue weighted by Crippen LogP contribution is -2.16. The second kappa shape index (κ2) is 6.12. The maximum Gasteiger partial charge on any atom is 0.124 e. The average Bonchev–Trinajstić information content (AvgIpc) is 3.18. The van der Waals surface area contributed by atoms with Gasteiger partial charge in [0.1, 0.15) is 18.1 Å². The summed E-state index contributed by atoms with van der Waals surface area (Å²) in [5, 5.41) is 3.95. The number of nitrogens with one attached hydrogen (secondary N) is 1. The highest BCUT2D eigenvalue weighted by atomic mass is 35.5. The normalized spacial score (nSPS) is 14.3. The minimum atomic E-state index is 0.324. The first kappa shape index (κ1) is 13.2. The van der Waals surface area contributed by atoms with Crippen molar-refractivity contribution in [2.45, 2.75) is 25.4 Å². The molecule has 0 atom stereocenters. The Labute approximate surface area is 113 Å². The fourth-order valence-electron chi connectivity index (χ4n) is 1.66. The van der Waals surface area contributed by atoms with Crippen LogP contribution in [0.4, 0.5) is 0 Å². The van der Waals surface area contributed by atoms with E-state index in [9.17, 15) is 0 Å². The van der Waals surface area contributed by atoms with Crippen LogP contribution in [0.1, 0.15) is 18.4 Å². The van der Waals surface area contributed by atoms with Crippen molar-refractivity contribution in [2.24, 2.45) is 0 Å². The summed E-state index contributed by atoms with van der Waals surface area (Å²) in [6.07, 6.45) is 2.53. The van der Waals surface area contributed by atoms with Crippen molar-refractivity contribution < 1.29 is 9.47 Å². The van der Waals surface area contributed by atoms with Gasteiger partial charge >= 0.3 is 0 Å². The van der Waals surface area contributed by atoms with Crippen LogP contribution in [0.25, 0.3) is 0 Å². The number of methoxy groups -OCH3 is 1. The van der Waals surface area contributed by atoms with Crippen LogP contribution in [0.15, 0.2) is 29.8 Å². The highest BCUT2D eigenvalue weighted by Gasteiger charge is 2.20. The molecular weight excluding hydrogens is 250 g/mol. The predicted octanol–water partition coefficient (Wildman–Crippen LogP) is 3.08. The Morgan fingerprint density at radius 1 is 1.50 bits per heavy atom. The lowest BCUT2D eigenvalue weighted by atomic mass is 10.2. The summed E-state index contributed by atoms with van der Waals surface area (Å²) in [7, 11) is 1.66. The zero-order chi connectivity index (χ0) is 13.0. The molecule has 3 nitrogen and oxygen atoms in total. The lowest BCUT2D eigenvalue weighted by molar-refractivity contribution is 0.352. The molecule has 0 bridgehead atoms. The number of halogens is 1. The molecule has 2 rings (SSSR count). The summed E-state index contributed by atoms with van der Waals surface area (Å²) in [6, 6.07) is 6.43. The molecule has 0 radical (unpaired) electrons. The summed E-state index contributed by atoms with van der Waals surface area (Å²) < 4.78 is 10.9. The number of hydrogen-bond donors (Lipinski definition) is 1. The number of benzene rings is 1. The quantitative estimate of drug-likeness (QED) is 0.824. The van der Waals surface area contributed by atoms with Gasteiger partial charge in [0.15, 0.2) is 0 Å². The molecule has 18 heavy (non-hydrogen) atoms. The molecule has 0 unspecified atom stereocenters. The SMILES string of the molecule is C=C(Cl)COc1ccc(OC)cc1CNC1CC1. The Bertz CT molecular complexity index is 430. The van der Waals surface area contributed by atoms with E-state index in [0.29, 0.717) is 17.7 Å². The van der Waals surface area contributed by atoms with Crippen molar-refractivity contribution in [2.75, 3.05) is 13.7 Å². The van der Waals surface area contributed by atoms with E-state index < -0.39 is 0 Å². The Balaban J connectivity index is 2.06. The molecule has 0 aliphatic heterocycles. The third kappa shape index (κ3) is 3.93. The van der Waals surface area contributed by atoms with Crippen molar-refractivity contribution in [1.29, 1.82) is 0 Å². The van der Waals surface area contributed by atoms with Crippen molar-refractivity contribution in [1.82, 2.24) is 5.32 Å². The highest BCUT2D eigenvalue weighted by Crippen LogP contribution is 2.26. The topological polar surface area (TPSA) is 30.5 Å². The van der Waals surface area contributed by atoms with E-state index >= 15 is 0 Å². The van der Waals surface area contributed by atoms with Crippen LogP contribution in [-0.2, 0) is 6.54 Å². The van der Waals surface area contributed by atoms with Gasteiger partial charge < -0.3 is 14.8 Å². The van der Waals surface area contributed by atoms with Gasteiger partial charge in [-0.15, -0.1) is 0 Å². The first-order chi connectivity index (χ1) is 8.69. The van der Waals surface area contributed by atoms with Crippen LogP contribution in [0.2, 0.25) is 0 Å². The minimum absolute atomic E-state index is 0.324. The van der Waals surface area contributed by atoms with E-state index in [1.807, 2.05) is 18.2 Å². The van der Waals surface area contributed by atoms with E-state index in [2.05, 4.69) is 11.9 Å². The molecule has 98 valence electrons. The van der Waals surface area contributed by atoms with Gasteiger partial charge in [0.05, 0.1) is 7.11 Å². The molecular formula is C14H18ClNO2. The zero-order valence-corrected chi connectivity index (χ0v) is 11.3. The summed E-state index contributed by atoms with van der Waals surface area (Å²) in [4.78, 5) is 0. The van der Waals surface area contributed by atoms with Crippen LogP contribution < -0.4 is 14.8 Å². The van der Waals surface area contributed by atoms with Gasteiger partial charge in [-0.2, -0.15) is 0 Å². The molecule has 0 heterocycles. The average molecular weight is 268 g/mol. The van der Waals surface area contributed by atoms with Gasteiger partial charge in [-0.1, -0.05) is 18.2 Å². The minimum Gasteiger partial charge on any atom is -0.497 e. The zero-order valence-electron chi connectivity index (χ0n) is 10.5. The molecule has 0 saturated heterocycles. The third-order valence-corrected chi connectivity index (χ3v) is 2.92. The Kier molecular flexibility index (Phi) is 4.50. The molecule has 1 N–H and O–H groups in total. The van der Waals surface area contributed by atoms with Crippen molar-refractivity contribution in [3.8, 4) is 11.5 Å². The lowest BCUT2D eigenvalue weighted by Gasteiger charge is -2.13. The van der Waals surface area contributed by atoms with Crippen molar-refractivity contribution in [3.05, 3.63) is 35.4 Å². The van der Waals surface area contributed by atoms with E-state index in [4.69, 9.17) is 21.1 Å². The molecule has 1 aromatic carbocycles. The van der Waals surface area contributed by atoms with Gasteiger partial charge in [-0.05, 0) is 31.0 Å². The maximum atomic E-state index is 5.72. The molecule has 1 fully saturated rings. The van der Waals surface area contributed by atoms with Crippen LogP contribution in [0, 0.1) is 0 Å². The standard InChI is InChI=1S/C14H18ClNO2/c1-10(15)9-18-14-6-5-13(17-2)7-11(14)8-16-12-3-4-12/h5-7,12,16H,1,3-4,8-9H2,2H3. The molecule has 0 spiro atoms. The Hall–Kier alpha value is -1.19. The van der Waals surface area contributed by atoms with E-state index in [1.54, 1.807) is 7.11 Å². The molecule has 0 amide bonds. The van der Waals surface area contributed by atoms with E-state index in [0.717, 1.165) is 23.6 Å². The van der Waals surface area contributed by atoms with Crippen molar-refractivity contribution in [3.63, 3.8) is 0 Å². The predicted molar refractivity (Wildman–Crippen MR) is 73.3 cm³/mol. The molecule has 4 heteroatoms. The molecule has 1 aliphatic carbocycles. The highest BCUT2D eigenvalue weighted by molar-refractivity contribution is 6.29. The maximum absolute atomic E-state index is 5.72. The Morgan fingerprint density at radius 2 is 2.28 bits per heavy atom. The second-order valence-electron chi connectivity index (χ2n) is 4.43. The van der Waals surface area contributed by atoms with Crippen LogP contribution in [0.5, 0.6) is 11.5 Å². The van der Waals surface area contributed by atoms with Crippen LogP contribution in [0.3, 0.4) is 0 Å². The van der Waals surface area contributed by atoms with Gasteiger partial charge in [0.25, 0.3) is 0 Å². The number of rotatable bonds is 7. The second-order valence-corrected chi connectivity index (χ2v) is 4.97. The fraction of sp³-hybridized carbons (Fsp3) is 0.429. The first-order valence-electron chi connectivity index (χ1n) is 6.05. The third-order valence-electron chi connectivity index (χ3n) is 2.81. The van der Waals surface area contributed by atoms with Gasteiger partial charge in [-0.3, -0.25) is 0 Å². The molecule has 1 aromatic rings. The van der Waals surface area contributed by atoms with Crippen LogP contribution in [-0.4, -0.2) is 19.8 Å². The monoisotopic (exact) mass is 267 g/mol. The number of hydrogen-bond acceptors (Lipinski definition) is 3.